The lowest BCUT2D eigenvalue weighted by atomic mass is 9.85. The molecule has 0 saturated heterocycles. The maximum atomic E-state index is 13.6. The first-order valence-corrected chi connectivity index (χ1v) is 16.5. The summed E-state index contributed by atoms with van der Waals surface area (Å²) in [7, 11) is -6.17. The summed E-state index contributed by atoms with van der Waals surface area (Å²) in [6.45, 7) is 13.8. The number of pyridine rings is 1. The summed E-state index contributed by atoms with van der Waals surface area (Å²) in [5.74, 6) is 0.105. The highest BCUT2D eigenvalue weighted by molar-refractivity contribution is 7.86. The number of rotatable bonds is 6. The number of ether oxygens (including phenoxy) is 1. The van der Waals surface area contributed by atoms with Gasteiger partial charge in [-0.15, -0.1) is 0 Å². The maximum Gasteiger partial charge on any atom is 0.416 e. The van der Waals surface area contributed by atoms with Crippen molar-refractivity contribution in [2.45, 2.75) is 83.3 Å². The summed E-state index contributed by atoms with van der Waals surface area (Å²) in [4.78, 5) is 13.3. The fourth-order valence-corrected chi connectivity index (χ4v) is 5.59. The van der Waals surface area contributed by atoms with Gasteiger partial charge in [0.2, 0.25) is 0 Å². The van der Waals surface area contributed by atoms with Gasteiger partial charge < -0.3 is 13.7 Å². The van der Waals surface area contributed by atoms with Crippen LogP contribution in [0.25, 0.3) is 0 Å². The molecule has 1 aromatic carbocycles. The summed E-state index contributed by atoms with van der Waals surface area (Å²) < 4.78 is 83.6. The molecule has 2 aromatic rings. The first-order valence-electron chi connectivity index (χ1n) is 11.8. The number of nitrogens with zero attached hydrogens (tertiary/aromatic N) is 1. The van der Waals surface area contributed by atoms with Crippen molar-refractivity contribution in [3.05, 3.63) is 63.6 Å². The lowest BCUT2D eigenvalue weighted by Crippen LogP contribution is -2.54. The molecule has 12 heteroatoms. The second-order valence-electron chi connectivity index (χ2n) is 11.5. The van der Waals surface area contributed by atoms with Crippen molar-refractivity contribution in [2.24, 2.45) is 0 Å². The van der Waals surface area contributed by atoms with Gasteiger partial charge in [0.15, 0.2) is 8.32 Å². The normalized spacial score (nSPS) is 20.3. The molecule has 0 bridgehead atoms. The predicted molar refractivity (Wildman–Crippen MR) is 137 cm³/mol. The van der Waals surface area contributed by atoms with Gasteiger partial charge in [0.05, 0.1) is 24.5 Å². The molecule has 37 heavy (non-hydrogen) atoms. The standard InChI is InChI=1S/C25H34F3NO6SSi/c1-23(2,3)37(7,8)33-15-16-11-12-29(20(30)13-16)21-18-14-17(25(26,27)28)9-10-19(18)34-24(4,5)22(21)35-36(6,31)32/h9-14,21-22H,15H2,1-8H3/t21-,22+/m1/s1. The number of hydrogen-bond acceptors (Lipinski definition) is 6. The van der Waals surface area contributed by atoms with Gasteiger partial charge in [-0.1, -0.05) is 20.8 Å². The summed E-state index contributed by atoms with van der Waals surface area (Å²) in [5.41, 5.74) is -2.20. The Hall–Kier alpha value is -2.15. The number of halogens is 3. The molecule has 1 aliphatic heterocycles. The molecular formula is C25H34F3NO6SSi. The van der Waals surface area contributed by atoms with Crippen molar-refractivity contribution in [1.82, 2.24) is 4.57 Å². The van der Waals surface area contributed by atoms with Gasteiger partial charge in [-0.25, -0.2) is 0 Å². The molecule has 1 aliphatic rings. The van der Waals surface area contributed by atoms with Crippen LogP contribution in [0, 0.1) is 0 Å². The highest BCUT2D eigenvalue weighted by atomic mass is 32.2. The first-order chi connectivity index (χ1) is 16.6. The molecule has 0 N–H and O–H groups in total. The summed E-state index contributed by atoms with van der Waals surface area (Å²) >= 11 is 0. The highest BCUT2D eigenvalue weighted by Gasteiger charge is 2.49. The molecule has 2 heterocycles. The number of fused-ring (bicyclic) bond motifs is 1. The maximum absolute atomic E-state index is 13.6. The lowest BCUT2D eigenvalue weighted by Gasteiger charge is -2.44. The molecule has 0 saturated carbocycles. The Morgan fingerprint density at radius 3 is 2.24 bits per heavy atom. The Bertz CT molecular complexity index is 1330. The monoisotopic (exact) mass is 561 g/mol. The molecule has 0 spiro atoms. The van der Waals surface area contributed by atoms with E-state index < -0.39 is 53.5 Å². The van der Waals surface area contributed by atoms with Crippen LogP contribution < -0.4 is 10.3 Å². The molecule has 0 amide bonds. The largest absolute Gasteiger partial charge is 0.485 e. The Labute approximate surface area is 216 Å². The van der Waals surface area contributed by atoms with Gasteiger partial charge >= 0.3 is 6.18 Å². The van der Waals surface area contributed by atoms with E-state index in [0.717, 1.165) is 18.4 Å². The van der Waals surface area contributed by atoms with Gasteiger partial charge in [0, 0.05) is 17.8 Å². The smallest absolute Gasteiger partial charge is 0.416 e. The third kappa shape index (κ3) is 6.47. The highest BCUT2D eigenvalue weighted by Crippen LogP contribution is 2.45. The van der Waals surface area contributed by atoms with Crippen LogP contribution in [0.4, 0.5) is 13.2 Å². The fourth-order valence-electron chi connectivity index (χ4n) is 3.92. The van der Waals surface area contributed by atoms with Crippen LogP contribution in [0.3, 0.4) is 0 Å². The number of aromatic nitrogens is 1. The van der Waals surface area contributed by atoms with E-state index in [4.69, 9.17) is 13.3 Å². The molecule has 0 radical (unpaired) electrons. The minimum absolute atomic E-state index is 0.00447. The molecule has 3 rings (SSSR count). The molecule has 0 unspecified atom stereocenters. The van der Waals surface area contributed by atoms with E-state index in [1.54, 1.807) is 19.9 Å². The Morgan fingerprint density at radius 1 is 1.11 bits per heavy atom. The topological polar surface area (TPSA) is 83.8 Å². The second kappa shape index (κ2) is 9.55. The second-order valence-corrected chi connectivity index (χ2v) is 17.9. The van der Waals surface area contributed by atoms with Crippen LogP contribution in [-0.2, 0) is 31.5 Å². The zero-order valence-electron chi connectivity index (χ0n) is 22.3. The van der Waals surface area contributed by atoms with Gasteiger partial charge in [-0.2, -0.15) is 21.6 Å². The molecular weight excluding hydrogens is 527 g/mol. The number of benzene rings is 1. The van der Waals surface area contributed by atoms with Crippen LogP contribution in [0.15, 0.2) is 41.3 Å². The van der Waals surface area contributed by atoms with Crippen molar-refractivity contribution >= 4 is 18.4 Å². The molecule has 206 valence electrons. The van der Waals surface area contributed by atoms with Crippen molar-refractivity contribution < 1.29 is 34.9 Å². The molecule has 7 nitrogen and oxygen atoms in total. The average Bonchev–Trinajstić information content (AvgIpc) is 2.70. The number of hydrogen-bond donors (Lipinski definition) is 0. The van der Waals surface area contributed by atoms with Crippen molar-refractivity contribution in [3.63, 3.8) is 0 Å². The fraction of sp³-hybridized carbons (Fsp3) is 0.560. The van der Waals surface area contributed by atoms with E-state index in [0.29, 0.717) is 5.56 Å². The lowest BCUT2D eigenvalue weighted by molar-refractivity contribution is -0.137. The minimum Gasteiger partial charge on any atom is -0.485 e. The van der Waals surface area contributed by atoms with Gasteiger partial charge in [-0.3, -0.25) is 8.98 Å². The quantitative estimate of drug-likeness (QED) is 0.342. The Balaban J connectivity index is 2.13. The van der Waals surface area contributed by atoms with Gasteiger partial charge in [0.25, 0.3) is 15.7 Å². The van der Waals surface area contributed by atoms with E-state index in [-0.39, 0.29) is 23.0 Å². The molecule has 1 aromatic heterocycles. The SMILES string of the molecule is CC1(C)Oc2ccc(C(F)(F)F)cc2[C@@H](n2ccc(CO[Si](C)(C)C(C)(C)C)cc2=O)[C@@H]1OS(C)(=O)=O. The van der Waals surface area contributed by atoms with E-state index >= 15 is 0 Å². The van der Waals surface area contributed by atoms with Gasteiger partial charge in [-0.05, 0) is 61.8 Å². The van der Waals surface area contributed by atoms with Crippen LogP contribution in [0.2, 0.25) is 18.1 Å². The third-order valence-corrected chi connectivity index (χ3v) is 12.0. The minimum atomic E-state index is -4.66. The van der Waals surface area contributed by atoms with Crippen LogP contribution in [0.5, 0.6) is 5.75 Å². The zero-order chi connectivity index (χ0) is 28.2. The van der Waals surface area contributed by atoms with Crippen molar-refractivity contribution in [1.29, 1.82) is 0 Å². The molecule has 2 atom stereocenters. The average molecular weight is 562 g/mol. The van der Waals surface area contributed by atoms with Gasteiger partial charge in [0.1, 0.15) is 17.5 Å². The summed E-state index contributed by atoms with van der Waals surface area (Å²) in [5, 5.41) is -0.0359. The van der Waals surface area contributed by atoms with E-state index in [9.17, 15) is 26.4 Å². The van der Waals surface area contributed by atoms with Crippen molar-refractivity contribution in [2.75, 3.05) is 6.26 Å². The summed E-state index contributed by atoms with van der Waals surface area (Å²) in [6.07, 6.45) is -3.71. The zero-order valence-corrected chi connectivity index (χ0v) is 24.1. The van der Waals surface area contributed by atoms with Crippen LogP contribution >= 0.6 is 0 Å². The Kier molecular flexibility index (Phi) is 7.59. The van der Waals surface area contributed by atoms with Crippen LogP contribution in [-0.4, -0.2) is 39.3 Å². The van der Waals surface area contributed by atoms with E-state index in [1.807, 2.05) is 0 Å². The Morgan fingerprint density at radius 2 is 1.73 bits per heavy atom. The summed E-state index contributed by atoms with van der Waals surface area (Å²) in [6, 6.07) is 4.71. The molecule has 0 fully saturated rings. The predicted octanol–water partition coefficient (Wildman–Crippen LogP) is 5.49. The first kappa shape index (κ1) is 29.4. The number of alkyl halides is 3. The van der Waals surface area contributed by atoms with E-state index in [2.05, 4.69) is 33.9 Å². The van der Waals surface area contributed by atoms with Crippen molar-refractivity contribution in [3.8, 4) is 5.75 Å². The van der Waals surface area contributed by atoms with E-state index in [1.165, 1.54) is 22.9 Å². The third-order valence-electron chi connectivity index (χ3n) is 7.00. The molecule has 0 aliphatic carbocycles. The van der Waals surface area contributed by atoms with Crippen LogP contribution in [0.1, 0.15) is 57.4 Å².